The van der Waals surface area contributed by atoms with Gasteiger partial charge in [-0.25, -0.2) is 9.37 Å². The normalized spacial score (nSPS) is 18.2. The minimum atomic E-state index is -0.507. The Morgan fingerprint density at radius 3 is 2.59 bits per heavy atom. The molecule has 2 N–H and O–H groups in total. The van der Waals surface area contributed by atoms with Gasteiger partial charge in [-0.15, -0.1) is 0 Å². The number of pyridine rings is 1. The van der Waals surface area contributed by atoms with Gasteiger partial charge in [0.2, 0.25) is 0 Å². The molecule has 4 aromatic rings. The first-order chi connectivity index (χ1) is 22.1. The number of anilines is 1. The van der Waals surface area contributed by atoms with Crippen molar-refractivity contribution in [3.05, 3.63) is 78.3 Å². The Hall–Kier alpha value is -4.79. The van der Waals surface area contributed by atoms with Crippen molar-refractivity contribution in [3.8, 4) is 28.8 Å². The van der Waals surface area contributed by atoms with Crippen LogP contribution in [0.15, 0.2) is 72.4 Å². The standard InChI is InChI=1S/C35H39FN8O2/c1-35(2,42-18-16-41(3)17-19-42)21-24(22-37)34(45)43-15-7-8-25(43)23-44-30-13-14-39-33(38)31(30)32(40-44)28-12-11-27(20-29(28)36)46-26-9-5-4-6-10-26/h4-6,9-14,20-21,25H,7-8,15-19,23H2,1-3H3,(H2,38,39). The fourth-order valence-electron chi connectivity index (χ4n) is 6.47. The third kappa shape index (κ3) is 6.32. The Labute approximate surface area is 268 Å². The molecule has 238 valence electrons. The molecule has 4 heterocycles. The molecule has 1 atom stereocenters. The number of likely N-dealkylation sites (N-methyl/N-ethyl adjacent to an activating group) is 1. The number of rotatable bonds is 8. The van der Waals surface area contributed by atoms with Crippen LogP contribution < -0.4 is 10.5 Å². The van der Waals surface area contributed by atoms with Gasteiger partial charge < -0.3 is 20.3 Å². The van der Waals surface area contributed by atoms with Gasteiger partial charge >= 0.3 is 0 Å². The molecule has 0 spiro atoms. The Morgan fingerprint density at radius 2 is 1.87 bits per heavy atom. The van der Waals surface area contributed by atoms with Gasteiger partial charge in [-0.05, 0) is 70.1 Å². The Bertz CT molecular complexity index is 1800. The van der Waals surface area contributed by atoms with Gasteiger partial charge in [-0.2, -0.15) is 10.4 Å². The largest absolute Gasteiger partial charge is 0.457 e. The number of fused-ring (bicyclic) bond motifs is 1. The van der Waals surface area contributed by atoms with E-state index in [1.807, 2.05) is 24.3 Å². The van der Waals surface area contributed by atoms with E-state index >= 15 is 4.39 Å². The van der Waals surface area contributed by atoms with Crippen molar-refractivity contribution < 1.29 is 13.9 Å². The Balaban J connectivity index is 1.26. The summed E-state index contributed by atoms with van der Waals surface area (Å²) in [7, 11) is 2.10. The number of nitriles is 1. The van der Waals surface area contributed by atoms with Gasteiger partial charge in [0.05, 0.1) is 23.5 Å². The summed E-state index contributed by atoms with van der Waals surface area (Å²) < 4.78 is 23.2. The van der Waals surface area contributed by atoms with Crippen LogP contribution in [0.25, 0.3) is 22.2 Å². The van der Waals surface area contributed by atoms with E-state index in [-0.39, 0.29) is 28.9 Å². The van der Waals surface area contributed by atoms with Crippen molar-refractivity contribution in [2.75, 3.05) is 45.5 Å². The number of hydrogen-bond acceptors (Lipinski definition) is 8. The van der Waals surface area contributed by atoms with Crippen LogP contribution in [0.4, 0.5) is 10.2 Å². The molecule has 0 radical (unpaired) electrons. The first-order valence-corrected chi connectivity index (χ1v) is 15.7. The first-order valence-electron chi connectivity index (χ1n) is 15.7. The molecule has 2 aliphatic rings. The molecule has 2 fully saturated rings. The number of ether oxygens (including phenoxy) is 1. The topological polar surface area (TPSA) is 117 Å². The zero-order chi connectivity index (χ0) is 32.4. The van der Waals surface area contributed by atoms with Gasteiger partial charge in [0.25, 0.3) is 5.91 Å². The predicted molar refractivity (Wildman–Crippen MR) is 175 cm³/mol. The average Bonchev–Trinajstić information content (AvgIpc) is 3.66. The van der Waals surface area contributed by atoms with E-state index in [1.165, 1.54) is 6.07 Å². The number of aromatic nitrogens is 3. The van der Waals surface area contributed by atoms with Gasteiger partial charge in [0.15, 0.2) is 0 Å². The van der Waals surface area contributed by atoms with Crippen molar-refractivity contribution >= 4 is 22.6 Å². The summed E-state index contributed by atoms with van der Waals surface area (Å²) in [5.41, 5.74) is 7.36. The number of amides is 1. The molecule has 0 aliphatic carbocycles. The SMILES string of the molecule is CN1CCN(C(C)(C)C=C(C#N)C(=O)N2CCCC2Cn2nc(-c3ccc(Oc4ccccc4)cc3F)c3c(N)nccc32)CC1. The van der Waals surface area contributed by atoms with Crippen molar-refractivity contribution in [3.63, 3.8) is 0 Å². The average molecular weight is 623 g/mol. The van der Waals surface area contributed by atoms with Gasteiger partial charge in [-0.1, -0.05) is 18.2 Å². The van der Waals surface area contributed by atoms with E-state index < -0.39 is 11.4 Å². The van der Waals surface area contributed by atoms with E-state index in [0.29, 0.717) is 41.2 Å². The molecule has 2 saturated heterocycles. The third-order valence-corrected chi connectivity index (χ3v) is 9.06. The summed E-state index contributed by atoms with van der Waals surface area (Å²) in [6.45, 7) is 8.64. The maximum Gasteiger partial charge on any atom is 0.264 e. The van der Waals surface area contributed by atoms with E-state index in [4.69, 9.17) is 15.6 Å². The summed E-state index contributed by atoms with van der Waals surface area (Å²) in [4.78, 5) is 24.5. The van der Waals surface area contributed by atoms with Crippen molar-refractivity contribution in [2.24, 2.45) is 0 Å². The van der Waals surface area contributed by atoms with Gasteiger partial charge in [0.1, 0.15) is 40.5 Å². The van der Waals surface area contributed by atoms with Crippen molar-refractivity contribution in [1.82, 2.24) is 29.5 Å². The molecule has 2 aromatic heterocycles. The van der Waals surface area contributed by atoms with Crippen molar-refractivity contribution in [1.29, 1.82) is 5.26 Å². The fraction of sp³-hybridized carbons (Fsp3) is 0.371. The molecule has 0 saturated carbocycles. The van der Waals surface area contributed by atoms with Crippen LogP contribution in [-0.2, 0) is 11.3 Å². The van der Waals surface area contributed by atoms with Crippen LogP contribution in [0.5, 0.6) is 11.5 Å². The number of carbonyl (C=O) groups excluding carboxylic acids is 1. The van der Waals surface area contributed by atoms with E-state index in [2.05, 4.69) is 41.7 Å². The minimum absolute atomic E-state index is 0.148. The lowest BCUT2D eigenvalue weighted by molar-refractivity contribution is -0.127. The molecular weight excluding hydrogens is 583 g/mol. The zero-order valence-corrected chi connectivity index (χ0v) is 26.5. The highest BCUT2D eigenvalue weighted by Crippen LogP contribution is 2.35. The lowest BCUT2D eigenvalue weighted by atomic mass is 9.97. The van der Waals surface area contributed by atoms with Crippen LogP contribution in [-0.4, -0.2) is 86.7 Å². The number of likely N-dealkylation sites (tertiary alicyclic amines) is 1. The number of para-hydroxylation sites is 1. The summed E-state index contributed by atoms with van der Waals surface area (Å²) in [5.74, 6) is 0.422. The van der Waals surface area contributed by atoms with Crippen LogP contribution in [0.1, 0.15) is 26.7 Å². The van der Waals surface area contributed by atoms with E-state index in [0.717, 1.165) is 39.0 Å². The van der Waals surface area contributed by atoms with E-state index in [9.17, 15) is 10.1 Å². The second-order valence-electron chi connectivity index (χ2n) is 12.6. The van der Waals surface area contributed by atoms with Crippen LogP contribution in [0.3, 0.4) is 0 Å². The highest BCUT2D eigenvalue weighted by Gasteiger charge is 2.34. The maximum atomic E-state index is 15.6. The summed E-state index contributed by atoms with van der Waals surface area (Å²) in [6.07, 6.45) is 4.98. The quantitative estimate of drug-likeness (QED) is 0.214. The first kappa shape index (κ1) is 31.2. The molecule has 2 aliphatic heterocycles. The molecular formula is C35H39FN8O2. The molecule has 10 nitrogen and oxygen atoms in total. The predicted octanol–water partition coefficient (Wildman–Crippen LogP) is 5.08. The number of piperazine rings is 1. The second-order valence-corrected chi connectivity index (χ2v) is 12.6. The minimum Gasteiger partial charge on any atom is -0.457 e. The number of carbonyl (C=O) groups is 1. The van der Waals surface area contributed by atoms with Crippen LogP contribution in [0, 0.1) is 17.1 Å². The lowest BCUT2D eigenvalue weighted by Gasteiger charge is -2.42. The number of nitrogens with zero attached hydrogens (tertiary/aromatic N) is 7. The number of halogens is 1. The molecule has 1 unspecified atom stereocenters. The summed E-state index contributed by atoms with van der Waals surface area (Å²) >= 11 is 0. The van der Waals surface area contributed by atoms with Gasteiger partial charge in [-0.3, -0.25) is 14.4 Å². The molecule has 1 amide bonds. The number of nitrogen functional groups attached to an aromatic ring is 1. The number of benzene rings is 2. The molecule has 46 heavy (non-hydrogen) atoms. The third-order valence-electron chi connectivity index (χ3n) is 9.06. The smallest absolute Gasteiger partial charge is 0.264 e. The molecule has 6 rings (SSSR count). The maximum absolute atomic E-state index is 15.6. The Kier molecular flexibility index (Phi) is 8.75. The molecule has 2 aromatic carbocycles. The highest BCUT2D eigenvalue weighted by molar-refractivity contribution is 6.00. The highest BCUT2D eigenvalue weighted by atomic mass is 19.1. The van der Waals surface area contributed by atoms with Crippen molar-refractivity contribution in [2.45, 2.75) is 44.8 Å². The summed E-state index contributed by atoms with van der Waals surface area (Å²) in [5, 5.41) is 15.5. The Morgan fingerprint density at radius 1 is 1.11 bits per heavy atom. The summed E-state index contributed by atoms with van der Waals surface area (Å²) in [6, 6.07) is 17.6. The van der Waals surface area contributed by atoms with Crippen LogP contribution in [0.2, 0.25) is 0 Å². The monoisotopic (exact) mass is 622 g/mol. The zero-order valence-electron chi connectivity index (χ0n) is 26.5. The van der Waals surface area contributed by atoms with Crippen LogP contribution >= 0.6 is 0 Å². The second kappa shape index (κ2) is 12.9. The van der Waals surface area contributed by atoms with E-state index in [1.54, 1.807) is 46.1 Å². The number of hydrogen-bond donors (Lipinski definition) is 1. The molecule has 0 bridgehead atoms. The van der Waals surface area contributed by atoms with Gasteiger partial charge in [0, 0.05) is 56.1 Å². The number of nitrogens with two attached hydrogens (primary N) is 1. The molecule has 11 heteroatoms. The fourth-order valence-corrected chi connectivity index (χ4v) is 6.47. The lowest BCUT2D eigenvalue weighted by Crippen LogP contribution is -2.53.